The number of nitrogens with two attached hydrogens (primary N) is 1. The number of alkyl halides is 1. The van der Waals surface area contributed by atoms with Gasteiger partial charge in [-0.1, -0.05) is 29.5 Å². The van der Waals surface area contributed by atoms with E-state index in [0.29, 0.717) is 0 Å². The van der Waals surface area contributed by atoms with Crippen LogP contribution in [0.25, 0.3) is 0 Å². The predicted molar refractivity (Wildman–Crippen MR) is 45.4 cm³/mol. The van der Waals surface area contributed by atoms with Crippen molar-refractivity contribution in [3.63, 3.8) is 0 Å². The van der Waals surface area contributed by atoms with Gasteiger partial charge < -0.3 is 5.73 Å². The third-order valence-electron chi connectivity index (χ3n) is 0.769. The first-order chi connectivity index (χ1) is 3.81. The molecule has 0 aromatic rings. The lowest BCUT2D eigenvalue weighted by Gasteiger charge is -1.92. The Morgan fingerprint density at radius 1 is 1.75 bits per heavy atom. The number of halogens is 1. The molecule has 2 N–H and O–H groups in total. The Bertz CT molecular complexity index is 80.5. The van der Waals surface area contributed by atoms with Gasteiger partial charge in [0.1, 0.15) is 0 Å². The average Bonchev–Trinajstić information content (AvgIpc) is 1.68. The molecule has 0 saturated heterocycles. The van der Waals surface area contributed by atoms with Crippen LogP contribution in [-0.4, -0.2) is 10.4 Å². The zero-order valence-corrected chi connectivity index (χ0v) is 7.18. The average molecular weight is 226 g/mol. The van der Waals surface area contributed by atoms with Gasteiger partial charge in [-0.3, -0.25) is 4.99 Å². The van der Waals surface area contributed by atoms with E-state index in [1.165, 1.54) is 0 Å². The second-order valence-corrected chi connectivity index (χ2v) is 2.20. The first-order valence-corrected chi connectivity index (χ1v) is 4.18. The van der Waals surface area contributed by atoms with Gasteiger partial charge in [0.15, 0.2) is 0 Å². The van der Waals surface area contributed by atoms with Crippen LogP contribution < -0.4 is 5.73 Å². The summed E-state index contributed by atoms with van der Waals surface area (Å²) in [6.07, 6.45) is 2.02. The van der Waals surface area contributed by atoms with Crippen LogP contribution in [0.15, 0.2) is 4.99 Å². The van der Waals surface area contributed by atoms with Crippen LogP contribution in [0.1, 0.15) is 19.8 Å². The lowest BCUT2D eigenvalue weighted by molar-refractivity contribution is 0.979. The van der Waals surface area contributed by atoms with Crippen LogP contribution in [0.3, 0.4) is 0 Å². The molecule has 0 aromatic heterocycles. The molecule has 0 aromatic carbocycles. The Labute approximate surface area is 63.7 Å². The number of hydrogen-bond acceptors (Lipinski definition) is 1. The van der Waals surface area contributed by atoms with E-state index >= 15 is 0 Å². The van der Waals surface area contributed by atoms with Gasteiger partial charge in [-0.2, -0.15) is 0 Å². The molecule has 0 amide bonds. The van der Waals surface area contributed by atoms with Gasteiger partial charge in [0, 0.05) is 6.42 Å². The molecule has 0 unspecified atom stereocenters. The molecule has 48 valence electrons. The van der Waals surface area contributed by atoms with E-state index in [4.69, 9.17) is 5.73 Å². The second-order valence-electron chi connectivity index (χ2n) is 1.52. The molecule has 0 bridgehead atoms. The maximum Gasteiger partial charge on any atom is 0.0946 e. The maximum absolute atomic E-state index is 5.44. The molecular formula is C5H11IN2. The number of aliphatic imine (C=N–C) groups is 1. The molecular weight excluding hydrogens is 215 g/mol. The molecule has 0 fully saturated rings. The number of amidine groups is 1. The summed E-state index contributed by atoms with van der Waals surface area (Å²) in [4.78, 5) is 4.00. The highest BCUT2D eigenvalue weighted by molar-refractivity contribution is 14.1. The molecule has 0 aliphatic rings. The van der Waals surface area contributed by atoms with Crippen molar-refractivity contribution in [2.24, 2.45) is 10.7 Å². The van der Waals surface area contributed by atoms with Crippen molar-refractivity contribution in [1.82, 2.24) is 0 Å². The highest BCUT2D eigenvalue weighted by atomic mass is 127. The van der Waals surface area contributed by atoms with Gasteiger partial charge >= 0.3 is 0 Å². The van der Waals surface area contributed by atoms with Crippen molar-refractivity contribution in [3.8, 4) is 0 Å². The summed E-state index contributed by atoms with van der Waals surface area (Å²) in [7, 11) is 0. The highest BCUT2D eigenvalue weighted by Gasteiger charge is 1.84. The molecule has 3 heteroatoms. The van der Waals surface area contributed by atoms with Crippen molar-refractivity contribution >= 4 is 28.4 Å². The molecule has 0 spiro atoms. The van der Waals surface area contributed by atoms with E-state index in [0.717, 1.165) is 23.2 Å². The summed E-state index contributed by atoms with van der Waals surface area (Å²) in [5, 5.41) is 0. The monoisotopic (exact) mass is 226 g/mol. The van der Waals surface area contributed by atoms with Crippen LogP contribution in [0, 0.1) is 0 Å². The van der Waals surface area contributed by atoms with Crippen LogP contribution in [-0.2, 0) is 0 Å². The molecule has 0 radical (unpaired) electrons. The van der Waals surface area contributed by atoms with Crippen molar-refractivity contribution in [3.05, 3.63) is 0 Å². The number of hydrogen-bond donors (Lipinski definition) is 1. The van der Waals surface area contributed by atoms with Crippen molar-refractivity contribution in [2.75, 3.05) is 4.55 Å². The molecule has 0 rings (SSSR count). The smallest absolute Gasteiger partial charge is 0.0946 e. The minimum absolute atomic E-state index is 0.780. The van der Waals surface area contributed by atoms with E-state index in [2.05, 4.69) is 34.5 Å². The predicted octanol–water partition coefficient (Wildman–Crippen LogP) is 1.54. The molecule has 0 heterocycles. The lowest BCUT2D eigenvalue weighted by atomic mass is 10.3. The Morgan fingerprint density at radius 2 is 2.38 bits per heavy atom. The zero-order chi connectivity index (χ0) is 6.41. The van der Waals surface area contributed by atoms with Crippen LogP contribution in [0.5, 0.6) is 0 Å². The van der Waals surface area contributed by atoms with Gasteiger partial charge in [0.2, 0.25) is 0 Å². The third kappa shape index (κ3) is 4.36. The summed E-state index contributed by atoms with van der Waals surface area (Å²) in [5.74, 6) is 0.780. The molecule has 0 saturated carbocycles. The second kappa shape index (κ2) is 5.34. The Kier molecular flexibility index (Phi) is 5.47. The molecule has 0 aliphatic heterocycles. The molecule has 8 heavy (non-hydrogen) atoms. The fraction of sp³-hybridized carbons (Fsp3) is 0.800. The first-order valence-electron chi connectivity index (χ1n) is 2.66. The zero-order valence-electron chi connectivity index (χ0n) is 5.02. The van der Waals surface area contributed by atoms with Crippen LogP contribution >= 0.6 is 22.6 Å². The SMILES string of the molecule is CCCC(N)=NCI. The van der Waals surface area contributed by atoms with Crippen LogP contribution in [0.4, 0.5) is 0 Å². The minimum Gasteiger partial charge on any atom is -0.387 e. The van der Waals surface area contributed by atoms with Crippen molar-refractivity contribution in [2.45, 2.75) is 19.8 Å². The van der Waals surface area contributed by atoms with Gasteiger partial charge in [0.05, 0.1) is 10.4 Å². The molecule has 0 aliphatic carbocycles. The summed E-state index contributed by atoms with van der Waals surface area (Å²) >= 11 is 2.17. The summed E-state index contributed by atoms with van der Waals surface area (Å²) in [5.41, 5.74) is 5.44. The Balaban J connectivity index is 3.29. The van der Waals surface area contributed by atoms with Gasteiger partial charge in [-0.25, -0.2) is 0 Å². The normalized spacial score (nSPS) is 12.0. The number of nitrogens with zero attached hydrogens (tertiary/aromatic N) is 1. The van der Waals surface area contributed by atoms with Gasteiger partial charge in [-0.15, -0.1) is 0 Å². The maximum atomic E-state index is 5.44. The van der Waals surface area contributed by atoms with Gasteiger partial charge in [0.25, 0.3) is 0 Å². The first kappa shape index (κ1) is 8.20. The fourth-order valence-corrected chi connectivity index (χ4v) is 0.850. The standard InChI is InChI=1S/C5H11IN2/c1-2-3-5(7)8-4-6/h2-4H2,1H3,(H2,7,8). The molecule has 2 nitrogen and oxygen atoms in total. The quantitative estimate of drug-likeness (QED) is 0.256. The topological polar surface area (TPSA) is 38.4 Å². The van der Waals surface area contributed by atoms with E-state index in [-0.39, 0.29) is 0 Å². The lowest BCUT2D eigenvalue weighted by Crippen LogP contribution is -2.10. The highest BCUT2D eigenvalue weighted by Crippen LogP contribution is 1.88. The summed E-state index contributed by atoms with van der Waals surface area (Å²) < 4.78 is 0.781. The fourth-order valence-electron chi connectivity index (χ4n) is 0.412. The van der Waals surface area contributed by atoms with Gasteiger partial charge in [-0.05, 0) is 6.42 Å². The summed E-state index contributed by atoms with van der Waals surface area (Å²) in [6, 6.07) is 0. The number of rotatable bonds is 3. The molecule has 0 atom stereocenters. The van der Waals surface area contributed by atoms with E-state index in [9.17, 15) is 0 Å². The van der Waals surface area contributed by atoms with Crippen LogP contribution in [0.2, 0.25) is 0 Å². The third-order valence-corrected chi connectivity index (χ3v) is 1.11. The largest absolute Gasteiger partial charge is 0.387 e. The van der Waals surface area contributed by atoms with Crippen molar-refractivity contribution < 1.29 is 0 Å². The van der Waals surface area contributed by atoms with E-state index in [1.807, 2.05) is 0 Å². The Morgan fingerprint density at radius 3 is 2.75 bits per heavy atom. The minimum atomic E-state index is 0.780. The van der Waals surface area contributed by atoms with Crippen molar-refractivity contribution in [1.29, 1.82) is 0 Å². The summed E-state index contributed by atoms with van der Waals surface area (Å²) in [6.45, 7) is 2.09. The Hall–Kier alpha value is 0.200. The van der Waals surface area contributed by atoms with E-state index in [1.54, 1.807) is 0 Å². The van der Waals surface area contributed by atoms with E-state index < -0.39 is 0 Å².